The second-order valence-corrected chi connectivity index (χ2v) is 8.15. The summed E-state index contributed by atoms with van der Waals surface area (Å²) in [5.41, 5.74) is 0.878. The zero-order chi connectivity index (χ0) is 21.5. The molecule has 0 unspecified atom stereocenters. The number of amides is 1. The van der Waals surface area contributed by atoms with E-state index in [9.17, 15) is 14.4 Å². The van der Waals surface area contributed by atoms with Gasteiger partial charge in [0.15, 0.2) is 5.78 Å². The number of halogens is 2. The van der Waals surface area contributed by atoms with E-state index in [1.54, 1.807) is 47.8 Å². The van der Waals surface area contributed by atoms with Gasteiger partial charge in [-0.25, -0.2) is 0 Å². The first-order valence-corrected chi connectivity index (χ1v) is 10.6. The summed E-state index contributed by atoms with van der Waals surface area (Å²) in [4.78, 5) is 37.9. The molecule has 3 aromatic rings. The molecule has 0 bridgehead atoms. The van der Waals surface area contributed by atoms with E-state index in [0.717, 1.165) is 0 Å². The van der Waals surface area contributed by atoms with Crippen LogP contribution in [0.4, 0.5) is 5.69 Å². The predicted octanol–water partition coefficient (Wildman–Crippen LogP) is 5.94. The van der Waals surface area contributed by atoms with Crippen molar-refractivity contribution in [2.75, 3.05) is 5.32 Å². The number of esters is 1. The molecule has 30 heavy (non-hydrogen) atoms. The molecule has 0 aliphatic rings. The smallest absolute Gasteiger partial charge is 0.307 e. The van der Waals surface area contributed by atoms with Gasteiger partial charge in [-0.15, -0.1) is 11.3 Å². The molecule has 3 rings (SSSR count). The number of carbonyl (C=O) groups is 3. The minimum atomic E-state index is -1.19. The second-order valence-electron chi connectivity index (χ2n) is 6.33. The standard InChI is InChI=1S/C22H17Cl2NO4S/c23-15-11-16(24)13-17(12-15)25-22(28)21(14-5-2-1-3-6-14)29-20(27)9-8-18(26)19-7-4-10-30-19/h1-7,10-13,21H,8-9H2,(H,25,28)/t21-/m1/s1. The summed E-state index contributed by atoms with van der Waals surface area (Å²) in [5.74, 6) is -1.35. The summed E-state index contributed by atoms with van der Waals surface area (Å²) < 4.78 is 5.43. The lowest BCUT2D eigenvalue weighted by atomic mass is 10.1. The first kappa shape index (κ1) is 22.0. The van der Waals surface area contributed by atoms with Crippen molar-refractivity contribution in [1.29, 1.82) is 0 Å². The van der Waals surface area contributed by atoms with Crippen molar-refractivity contribution in [3.63, 3.8) is 0 Å². The summed E-state index contributed by atoms with van der Waals surface area (Å²) in [7, 11) is 0. The Morgan fingerprint density at radius 2 is 1.63 bits per heavy atom. The molecule has 1 aromatic heterocycles. The molecule has 154 valence electrons. The highest BCUT2D eigenvalue weighted by Gasteiger charge is 2.25. The van der Waals surface area contributed by atoms with Crippen LogP contribution in [0.25, 0.3) is 0 Å². The van der Waals surface area contributed by atoms with Gasteiger partial charge in [-0.05, 0) is 29.6 Å². The number of thiophene rings is 1. The lowest BCUT2D eigenvalue weighted by molar-refractivity contribution is -0.154. The largest absolute Gasteiger partial charge is 0.447 e. The van der Waals surface area contributed by atoms with Gasteiger partial charge in [0, 0.05) is 27.7 Å². The molecular formula is C22H17Cl2NO4S. The Labute approximate surface area is 187 Å². The quantitative estimate of drug-likeness (QED) is 0.332. The van der Waals surface area contributed by atoms with Crippen LogP contribution in [0.3, 0.4) is 0 Å². The molecule has 1 amide bonds. The third kappa shape index (κ3) is 6.16. The van der Waals surface area contributed by atoms with Crippen molar-refractivity contribution in [3.8, 4) is 0 Å². The monoisotopic (exact) mass is 461 g/mol. The van der Waals surface area contributed by atoms with Gasteiger partial charge < -0.3 is 10.1 Å². The molecule has 8 heteroatoms. The summed E-state index contributed by atoms with van der Waals surface area (Å²) in [6.07, 6.45) is -1.31. The van der Waals surface area contributed by atoms with Crippen molar-refractivity contribution in [1.82, 2.24) is 0 Å². The van der Waals surface area contributed by atoms with Crippen molar-refractivity contribution < 1.29 is 19.1 Å². The molecule has 5 nitrogen and oxygen atoms in total. The van der Waals surface area contributed by atoms with Crippen LogP contribution < -0.4 is 5.32 Å². The van der Waals surface area contributed by atoms with Crippen molar-refractivity contribution in [2.45, 2.75) is 18.9 Å². The molecule has 0 fully saturated rings. The van der Waals surface area contributed by atoms with Gasteiger partial charge in [0.2, 0.25) is 6.10 Å². The number of anilines is 1. The average Bonchev–Trinajstić information content (AvgIpc) is 3.25. The lowest BCUT2D eigenvalue weighted by Gasteiger charge is -2.18. The van der Waals surface area contributed by atoms with Crippen LogP contribution in [0.15, 0.2) is 66.0 Å². The van der Waals surface area contributed by atoms with E-state index in [0.29, 0.717) is 26.2 Å². The van der Waals surface area contributed by atoms with E-state index in [-0.39, 0.29) is 18.6 Å². The Kier molecular flexibility index (Phi) is 7.63. The second kappa shape index (κ2) is 10.4. The summed E-state index contributed by atoms with van der Waals surface area (Å²) in [5, 5.41) is 5.18. The molecule has 0 saturated carbocycles. The summed E-state index contributed by atoms with van der Waals surface area (Å²) >= 11 is 13.3. The molecule has 0 saturated heterocycles. The van der Waals surface area contributed by atoms with Crippen molar-refractivity contribution in [3.05, 3.63) is 86.5 Å². The Morgan fingerprint density at radius 3 is 2.27 bits per heavy atom. The number of Topliss-reactive ketones (excluding diaryl/α,β-unsaturated/α-hetero) is 1. The number of rotatable bonds is 8. The van der Waals surface area contributed by atoms with E-state index in [1.807, 2.05) is 0 Å². The first-order valence-electron chi connectivity index (χ1n) is 9.00. The SMILES string of the molecule is O=C(CCC(=O)c1cccs1)O[C@@H](C(=O)Nc1cc(Cl)cc(Cl)c1)c1ccccc1. The number of nitrogens with one attached hydrogen (secondary N) is 1. The fraction of sp³-hybridized carbons (Fsp3) is 0.136. The summed E-state index contributed by atoms with van der Waals surface area (Å²) in [6, 6.07) is 16.7. The van der Waals surface area contributed by atoms with E-state index in [4.69, 9.17) is 27.9 Å². The van der Waals surface area contributed by atoms with Crippen LogP contribution in [-0.4, -0.2) is 17.7 Å². The number of hydrogen-bond donors (Lipinski definition) is 1. The predicted molar refractivity (Wildman–Crippen MR) is 118 cm³/mol. The molecule has 1 atom stereocenters. The van der Waals surface area contributed by atoms with Crippen molar-refractivity contribution >= 4 is 57.9 Å². The van der Waals surface area contributed by atoms with Gasteiger partial charge in [0.25, 0.3) is 5.91 Å². The minimum absolute atomic E-state index is 0.00633. The van der Waals surface area contributed by atoms with Crippen LogP contribution in [0.1, 0.15) is 34.2 Å². The van der Waals surface area contributed by atoms with E-state index >= 15 is 0 Å². The van der Waals surface area contributed by atoms with Crippen LogP contribution in [0, 0.1) is 0 Å². The highest BCUT2D eigenvalue weighted by molar-refractivity contribution is 7.12. The number of ketones is 1. The Morgan fingerprint density at radius 1 is 0.933 bits per heavy atom. The average molecular weight is 462 g/mol. The highest BCUT2D eigenvalue weighted by atomic mass is 35.5. The molecule has 0 radical (unpaired) electrons. The first-order chi connectivity index (χ1) is 14.4. The molecule has 0 aliphatic carbocycles. The third-order valence-electron chi connectivity index (χ3n) is 4.07. The molecule has 1 N–H and O–H groups in total. The normalized spacial score (nSPS) is 11.5. The maximum absolute atomic E-state index is 12.9. The van der Waals surface area contributed by atoms with Gasteiger partial charge in [0.1, 0.15) is 0 Å². The summed E-state index contributed by atoms with van der Waals surface area (Å²) in [6.45, 7) is 0. The van der Waals surface area contributed by atoms with Crippen LogP contribution in [0.2, 0.25) is 10.0 Å². The fourth-order valence-corrected chi connectivity index (χ4v) is 3.92. The number of hydrogen-bond acceptors (Lipinski definition) is 5. The number of ether oxygens (including phenoxy) is 1. The van der Waals surface area contributed by atoms with Gasteiger partial charge in [-0.1, -0.05) is 59.6 Å². The topological polar surface area (TPSA) is 72.5 Å². The number of benzene rings is 2. The zero-order valence-electron chi connectivity index (χ0n) is 15.6. The molecule has 0 spiro atoms. The molecular weight excluding hydrogens is 445 g/mol. The Bertz CT molecular complexity index is 1020. The molecule has 2 aromatic carbocycles. The van der Waals surface area contributed by atoms with E-state index in [1.165, 1.54) is 29.5 Å². The van der Waals surface area contributed by atoms with Crippen LogP contribution >= 0.6 is 34.5 Å². The maximum Gasteiger partial charge on any atom is 0.307 e. The third-order valence-corrected chi connectivity index (χ3v) is 5.42. The van der Waals surface area contributed by atoms with Gasteiger partial charge in [0.05, 0.1) is 11.3 Å². The minimum Gasteiger partial charge on any atom is -0.447 e. The maximum atomic E-state index is 12.9. The van der Waals surface area contributed by atoms with Gasteiger partial charge in [-0.2, -0.15) is 0 Å². The van der Waals surface area contributed by atoms with Crippen LogP contribution in [-0.2, 0) is 14.3 Å². The highest BCUT2D eigenvalue weighted by Crippen LogP contribution is 2.25. The van der Waals surface area contributed by atoms with Crippen LogP contribution in [0.5, 0.6) is 0 Å². The van der Waals surface area contributed by atoms with Gasteiger partial charge >= 0.3 is 5.97 Å². The van der Waals surface area contributed by atoms with E-state index < -0.39 is 18.0 Å². The van der Waals surface area contributed by atoms with Crippen molar-refractivity contribution in [2.24, 2.45) is 0 Å². The lowest BCUT2D eigenvalue weighted by Crippen LogP contribution is -2.26. The fourth-order valence-electron chi connectivity index (χ4n) is 2.70. The zero-order valence-corrected chi connectivity index (χ0v) is 18.0. The Hall–Kier alpha value is -2.67. The number of carbonyl (C=O) groups excluding carboxylic acids is 3. The Balaban J connectivity index is 1.70. The molecule has 0 aliphatic heterocycles. The van der Waals surface area contributed by atoms with Gasteiger partial charge in [-0.3, -0.25) is 14.4 Å². The molecule has 1 heterocycles. The van der Waals surface area contributed by atoms with E-state index in [2.05, 4.69) is 5.32 Å².